The van der Waals surface area contributed by atoms with Crippen molar-refractivity contribution in [1.29, 1.82) is 0 Å². The number of benzene rings is 1. The van der Waals surface area contributed by atoms with Crippen LogP contribution in [0.25, 0.3) is 0 Å². The highest BCUT2D eigenvalue weighted by Gasteiger charge is 2.13. The van der Waals surface area contributed by atoms with E-state index in [1.807, 2.05) is 32.0 Å². The summed E-state index contributed by atoms with van der Waals surface area (Å²) in [5, 5.41) is 0. The van der Waals surface area contributed by atoms with E-state index in [1.54, 1.807) is 0 Å². The first kappa shape index (κ1) is 16.3. The lowest BCUT2D eigenvalue weighted by atomic mass is 10.0. The highest BCUT2D eigenvalue weighted by atomic mass is 16.5. The van der Waals surface area contributed by atoms with Crippen LogP contribution < -0.4 is 15.2 Å². The summed E-state index contributed by atoms with van der Waals surface area (Å²) in [7, 11) is 1.37. The summed E-state index contributed by atoms with van der Waals surface area (Å²) in [5.74, 6) is 1.13. The monoisotopic (exact) mass is 281 g/mol. The molecule has 2 N–H and O–H groups in total. The number of ether oxygens (including phenoxy) is 3. The van der Waals surface area contributed by atoms with Crippen LogP contribution in [0.15, 0.2) is 18.2 Å². The molecule has 0 radical (unpaired) electrons. The van der Waals surface area contributed by atoms with E-state index in [0.717, 1.165) is 5.56 Å². The van der Waals surface area contributed by atoms with Crippen LogP contribution in [-0.2, 0) is 9.53 Å². The normalized spacial score (nSPS) is 11.8. The molecule has 0 aliphatic rings. The lowest BCUT2D eigenvalue weighted by molar-refractivity contribution is -0.140. The van der Waals surface area contributed by atoms with E-state index in [4.69, 9.17) is 15.2 Å². The summed E-state index contributed by atoms with van der Waals surface area (Å²) in [6.07, 6.45) is 0.834. The Morgan fingerprint density at radius 3 is 2.45 bits per heavy atom. The Morgan fingerprint density at radius 2 is 1.85 bits per heavy atom. The minimum atomic E-state index is -0.253. The van der Waals surface area contributed by atoms with Crippen LogP contribution in [0.1, 0.15) is 38.3 Å². The van der Waals surface area contributed by atoms with Crippen LogP contribution in [0.4, 0.5) is 0 Å². The van der Waals surface area contributed by atoms with Crippen LogP contribution in [-0.4, -0.2) is 26.3 Å². The molecule has 0 bridgehead atoms. The van der Waals surface area contributed by atoms with Crippen molar-refractivity contribution in [3.8, 4) is 11.5 Å². The van der Waals surface area contributed by atoms with Gasteiger partial charge in [0.25, 0.3) is 0 Å². The van der Waals surface area contributed by atoms with Gasteiger partial charge in [0.05, 0.1) is 20.3 Å². The van der Waals surface area contributed by atoms with Gasteiger partial charge < -0.3 is 19.9 Å². The molecule has 5 heteroatoms. The first-order valence-electron chi connectivity index (χ1n) is 6.84. The molecule has 1 unspecified atom stereocenters. The van der Waals surface area contributed by atoms with Gasteiger partial charge in [0, 0.05) is 12.5 Å². The van der Waals surface area contributed by atoms with Crippen molar-refractivity contribution in [2.75, 3.05) is 20.3 Å². The van der Waals surface area contributed by atoms with Crippen molar-refractivity contribution >= 4 is 5.97 Å². The van der Waals surface area contributed by atoms with Crippen LogP contribution in [0.5, 0.6) is 11.5 Å². The smallest absolute Gasteiger partial charge is 0.305 e. The number of carbonyl (C=O) groups is 1. The molecule has 0 spiro atoms. The maximum atomic E-state index is 11.1. The van der Waals surface area contributed by atoms with Gasteiger partial charge in [-0.2, -0.15) is 0 Å². The summed E-state index contributed by atoms with van der Waals surface area (Å²) >= 11 is 0. The van der Waals surface area contributed by atoms with Gasteiger partial charge in [-0.25, -0.2) is 0 Å². The molecule has 0 aromatic heterocycles. The van der Waals surface area contributed by atoms with Crippen LogP contribution in [0.3, 0.4) is 0 Å². The Kier molecular flexibility index (Phi) is 6.87. The molecule has 0 amide bonds. The summed E-state index contributed by atoms with van der Waals surface area (Å²) in [6.45, 7) is 4.97. The number of nitrogens with two attached hydrogens (primary N) is 1. The second-order valence-electron chi connectivity index (χ2n) is 4.29. The van der Waals surface area contributed by atoms with Crippen LogP contribution in [0, 0.1) is 0 Å². The van der Waals surface area contributed by atoms with Gasteiger partial charge in [-0.3, -0.25) is 4.79 Å². The predicted octanol–water partition coefficient (Wildman–Crippen LogP) is 2.44. The fourth-order valence-electron chi connectivity index (χ4n) is 1.84. The quantitative estimate of drug-likeness (QED) is 0.741. The zero-order valence-corrected chi connectivity index (χ0v) is 12.3. The molecule has 1 aromatic rings. The predicted molar refractivity (Wildman–Crippen MR) is 77.0 cm³/mol. The summed E-state index contributed by atoms with van der Waals surface area (Å²) in [6, 6.07) is 5.39. The fourth-order valence-corrected chi connectivity index (χ4v) is 1.84. The molecule has 0 saturated carbocycles. The molecular formula is C15H23NO4. The molecule has 1 atom stereocenters. The highest BCUT2D eigenvalue weighted by Crippen LogP contribution is 2.31. The molecule has 0 heterocycles. The summed E-state index contributed by atoms with van der Waals surface area (Å²) in [5.41, 5.74) is 7.00. The van der Waals surface area contributed by atoms with Crippen LogP contribution >= 0.6 is 0 Å². The van der Waals surface area contributed by atoms with E-state index in [9.17, 15) is 4.79 Å². The molecule has 0 aliphatic carbocycles. The molecule has 20 heavy (non-hydrogen) atoms. The largest absolute Gasteiger partial charge is 0.490 e. The Hall–Kier alpha value is -1.75. The highest BCUT2D eigenvalue weighted by molar-refractivity contribution is 5.69. The van der Waals surface area contributed by atoms with Crippen molar-refractivity contribution in [2.24, 2.45) is 5.73 Å². The standard InChI is InChI=1S/C15H23NO4/c1-4-19-13-8-6-11(10-14(13)20-5-2)12(16)7-9-15(17)18-3/h6,8,10,12H,4-5,7,9,16H2,1-3H3. The van der Waals surface area contributed by atoms with Gasteiger partial charge in [-0.15, -0.1) is 0 Å². The topological polar surface area (TPSA) is 70.8 Å². The summed E-state index contributed by atoms with van der Waals surface area (Å²) in [4.78, 5) is 11.1. The number of rotatable bonds is 8. The number of hydrogen-bond acceptors (Lipinski definition) is 5. The van der Waals surface area contributed by atoms with Gasteiger partial charge in [-0.1, -0.05) is 6.07 Å². The second kappa shape index (κ2) is 8.43. The Morgan fingerprint density at radius 1 is 1.20 bits per heavy atom. The Bertz CT molecular complexity index is 434. The van der Waals surface area contributed by atoms with E-state index in [2.05, 4.69) is 4.74 Å². The first-order chi connectivity index (χ1) is 9.62. The number of hydrogen-bond donors (Lipinski definition) is 1. The van der Waals surface area contributed by atoms with E-state index in [0.29, 0.717) is 37.6 Å². The zero-order chi connectivity index (χ0) is 15.0. The molecule has 1 rings (SSSR count). The molecule has 0 saturated heterocycles. The minimum absolute atomic E-state index is 0.232. The third-order valence-electron chi connectivity index (χ3n) is 2.88. The minimum Gasteiger partial charge on any atom is -0.490 e. The Labute approximate surface area is 120 Å². The number of methoxy groups -OCH3 is 1. The molecule has 112 valence electrons. The van der Waals surface area contributed by atoms with Gasteiger partial charge >= 0.3 is 5.97 Å². The zero-order valence-electron chi connectivity index (χ0n) is 12.3. The summed E-state index contributed by atoms with van der Waals surface area (Å²) < 4.78 is 15.7. The van der Waals surface area contributed by atoms with Crippen molar-refractivity contribution < 1.29 is 19.0 Å². The van der Waals surface area contributed by atoms with Crippen LogP contribution in [0.2, 0.25) is 0 Å². The third kappa shape index (κ3) is 4.74. The van der Waals surface area contributed by atoms with E-state index in [-0.39, 0.29) is 12.0 Å². The average molecular weight is 281 g/mol. The molecule has 0 aliphatic heterocycles. The number of esters is 1. The maximum Gasteiger partial charge on any atom is 0.305 e. The lowest BCUT2D eigenvalue weighted by Crippen LogP contribution is -2.13. The van der Waals surface area contributed by atoms with E-state index in [1.165, 1.54) is 7.11 Å². The SMILES string of the molecule is CCOc1ccc(C(N)CCC(=O)OC)cc1OCC. The average Bonchev–Trinajstić information content (AvgIpc) is 2.46. The molecule has 5 nitrogen and oxygen atoms in total. The van der Waals surface area contributed by atoms with Gasteiger partial charge in [0.1, 0.15) is 0 Å². The lowest BCUT2D eigenvalue weighted by Gasteiger charge is -2.16. The van der Waals surface area contributed by atoms with Crippen molar-refractivity contribution in [2.45, 2.75) is 32.7 Å². The maximum absolute atomic E-state index is 11.1. The second-order valence-corrected chi connectivity index (χ2v) is 4.29. The van der Waals surface area contributed by atoms with Crippen molar-refractivity contribution in [3.05, 3.63) is 23.8 Å². The van der Waals surface area contributed by atoms with E-state index < -0.39 is 0 Å². The molecule has 0 fully saturated rings. The third-order valence-corrected chi connectivity index (χ3v) is 2.88. The fraction of sp³-hybridized carbons (Fsp3) is 0.533. The van der Waals surface area contributed by atoms with Gasteiger partial charge in [0.15, 0.2) is 11.5 Å². The number of carbonyl (C=O) groups excluding carboxylic acids is 1. The Balaban J connectivity index is 2.79. The van der Waals surface area contributed by atoms with Gasteiger partial charge in [-0.05, 0) is 38.0 Å². The van der Waals surface area contributed by atoms with Crippen molar-refractivity contribution in [3.63, 3.8) is 0 Å². The van der Waals surface area contributed by atoms with E-state index >= 15 is 0 Å². The van der Waals surface area contributed by atoms with Crippen molar-refractivity contribution in [1.82, 2.24) is 0 Å². The van der Waals surface area contributed by atoms with Gasteiger partial charge in [0.2, 0.25) is 0 Å². The molecule has 1 aromatic carbocycles. The molecular weight excluding hydrogens is 258 g/mol. The first-order valence-corrected chi connectivity index (χ1v) is 6.84.